The van der Waals surface area contributed by atoms with Crippen molar-refractivity contribution in [1.82, 2.24) is 9.97 Å². The number of aromatic nitrogens is 2. The van der Waals surface area contributed by atoms with Crippen molar-refractivity contribution in [2.75, 3.05) is 10.6 Å². The van der Waals surface area contributed by atoms with E-state index in [1.54, 1.807) is 18.2 Å². The van der Waals surface area contributed by atoms with Crippen LogP contribution >= 0.6 is 23.2 Å². The lowest BCUT2D eigenvalue weighted by Gasteiger charge is -2.08. The first-order valence-corrected chi connectivity index (χ1v) is 8.18. The molecule has 0 spiro atoms. The van der Waals surface area contributed by atoms with Gasteiger partial charge < -0.3 is 10.6 Å². The summed E-state index contributed by atoms with van der Waals surface area (Å²) in [6, 6.07) is 12.6. The number of hydrogen-bond donors (Lipinski definition) is 2. The average molecular weight is 373 g/mol. The molecule has 1 heterocycles. The van der Waals surface area contributed by atoms with Crippen LogP contribution in [-0.2, 0) is 0 Å². The first-order chi connectivity index (χ1) is 12.0. The van der Waals surface area contributed by atoms with Gasteiger partial charge in [-0.25, -0.2) is 9.97 Å². The summed E-state index contributed by atoms with van der Waals surface area (Å²) in [5, 5.41) is 6.83. The molecular formula is C18H14Cl2N4O. The molecule has 5 nitrogen and oxygen atoms in total. The van der Waals surface area contributed by atoms with Gasteiger partial charge in [-0.1, -0.05) is 40.9 Å². The third-order valence-electron chi connectivity index (χ3n) is 3.33. The van der Waals surface area contributed by atoms with E-state index in [1.807, 2.05) is 31.2 Å². The monoisotopic (exact) mass is 372 g/mol. The lowest BCUT2D eigenvalue weighted by Crippen LogP contribution is -2.14. The second-order valence-electron chi connectivity index (χ2n) is 5.39. The summed E-state index contributed by atoms with van der Waals surface area (Å²) in [7, 11) is 0. The molecule has 2 N–H and O–H groups in total. The van der Waals surface area contributed by atoms with E-state index in [2.05, 4.69) is 20.6 Å². The molecule has 0 fully saturated rings. The van der Waals surface area contributed by atoms with Crippen molar-refractivity contribution < 1.29 is 4.79 Å². The van der Waals surface area contributed by atoms with E-state index in [9.17, 15) is 4.79 Å². The van der Waals surface area contributed by atoms with Crippen molar-refractivity contribution in [2.45, 2.75) is 6.92 Å². The minimum Gasteiger partial charge on any atom is -0.339 e. The van der Waals surface area contributed by atoms with Crippen molar-refractivity contribution >= 4 is 46.3 Å². The highest BCUT2D eigenvalue weighted by atomic mass is 35.5. The second kappa shape index (κ2) is 7.51. The number of anilines is 3. The fraction of sp³-hybridized carbons (Fsp3) is 0.0556. The molecule has 2 aromatic carbocycles. The van der Waals surface area contributed by atoms with Crippen LogP contribution in [0.1, 0.15) is 16.1 Å². The van der Waals surface area contributed by atoms with Crippen molar-refractivity contribution in [3.8, 4) is 0 Å². The fourth-order valence-electron chi connectivity index (χ4n) is 2.12. The van der Waals surface area contributed by atoms with Crippen LogP contribution in [0.3, 0.4) is 0 Å². The third-order valence-corrected chi connectivity index (χ3v) is 3.77. The molecule has 0 saturated heterocycles. The van der Waals surface area contributed by atoms with Gasteiger partial charge in [0.25, 0.3) is 5.91 Å². The van der Waals surface area contributed by atoms with E-state index >= 15 is 0 Å². The van der Waals surface area contributed by atoms with Crippen LogP contribution < -0.4 is 10.6 Å². The van der Waals surface area contributed by atoms with Crippen molar-refractivity contribution in [3.05, 3.63) is 76.2 Å². The molecule has 0 aliphatic rings. The van der Waals surface area contributed by atoms with Crippen LogP contribution in [0.4, 0.5) is 17.2 Å². The minimum absolute atomic E-state index is 0.218. The maximum atomic E-state index is 12.2. The summed E-state index contributed by atoms with van der Waals surface area (Å²) in [4.78, 5) is 20.5. The van der Waals surface area contributed by atoms with Gasteiger partial charge in [-0.3, -0.25) is 4.79 Å². The van der Waals surface area contributed by atoms with Crippen LogP contribution in [0, 0.1) is 6.92 Å². The van der Waals surface area contributed by atoms with Gasteiger partial charge in [0.1, 0.15) is 11.5 Å². The molecule has 1 amide bonds. The molecule has 7 heteroatoms. The van der Waals surface area contributed by atoms with E-state index in [-0.39, 0.29) is 11.6 Å². The predicted molar refractivity (Wildman–Crippen MR) is 101 cm³/mol. The number of benzene rings is 2. The fourth-order valence-corrected chi connectivity index (χ4v) is 2.64. The highest BCUT2D eigenvalue weighted by Gasteiger charge is 2.09. The zero-order chi connectivity index (χ0) is 17.8. The molecule has 0 unspecified atom stereocenters. The minimum atomic E-state index is -0.325. The van der Waals surface area contributed by atoms with Gasteiger partial charge in [-0.2, -0.15) is 0 Å². The van der Waals surface area contributed by atoms with Crippen molar-refractivity contribution in [2.24, 2.45) is 0 Å². The highest BCUT2D eigenvalue weighted by molar-refractivity contribution is 6.35. The predicted octanol–water partition coefficient (Wildman–Crippen LogP) is 5.09. The van der Waals surface area contributed by atoms with Crippen LogP contribution in [0.2, 0.25) is 10.0 Å². The zero-order valence-electron chi connectivity index (χ0n) is 13.3. The van der Waals surface area contributed by atoms with E-state index < -0.39 is 0 Å². The molecular weight excluding hydrogens is 359 g/mol. The number of aryl methyl sites for hydroxylation is 1. The van der Waals surface area contributed by atoms with E-state index in [0.717, 1.165) is 5.56 Å². The summed E-state index contributed by atoms with van der Waals surface area (Å²) >= 11 is 11.9. The molecule has 126 valence electrons. The molecule has 0 atom stereocenters. The Labute approximate surface area is 155 Å². The second-order valence-corrected chi connectivity index (χ2v) is 6.26. The number of amides is 1. The van der Waals surface area contributed by atoms with Crippen LogP contribution in [0.5, 0.6) is 0 Å². The maximum Gasteiger partial charge on any atom is 0.275 e. The summed E-state index contributed by atoms with van der Waals surface area (Å²) in [5.74, 6) is 0.152. The Bertz CT molecular complexity index is 876. The van der Waals surface area contributed by atoms with E-state index in [1.165, 1.54) is 12.4 Å². The van der Waals surface area contributed by atoms with Crippen LogP contribution in [0.15, 0.2) is 54.9 Å². The number of hydrogen-bond acceptors (Lipinski definition) is 4. The molecule has 0 bridgehead atoms. The standard InChI is InChI=1S/C18H14Cl2N4O/c1-11-2-4-14(5-3-11)24-18(25)16-9-22-17(10-21-16)23-15-7-12(19)6-13(20)8-15/h2-10H,1H3,(H,22,23)(H,24,25). The molecule has 0 radical (unpaired) electrons. The Balaban J connectivity index is 1.68. The topological polar surface area (TPSA) is 66.9 Å². The Kier molecular flexibility index (Phi) is 5.16. The number of nitrogens with zero attached hydrogens (tertiary/aromatic N) is 2. The normalized spacial score (nSPS) is 10.4. The van der Waals surface area contributed by atoms with Gasteiger partial charge >= 0.3 is 0 Å². The van der Waals surface area contributed by atoms with Gasteiger partial charge in [0.05, 0.1) is 12.4 Å². The highest BCUT2D eigenvalue weighted by Crippen LogP contribution is 2.24. The molecule has 1 aromatic heterocycles. The number of rotatable bonds is 4. The number of carbonyl (C=O) groups excluding carboxylic acids is 1. The van der Waals surface area contributed by atoms with Gasteiger partial charge in [-0.05, 0) is 37.3 Å². The molecule has 25 heavy (non-hydrogen) atoms. The van der Waals surface area contributed by atoms with Crippen LogP contribution in [-0.4, -0.2) is 15.9 Å². The summed E-state index contributed by atoms with van der Waals surface area (Å²) in [6.45, 7) is 1.98. The molecule has 3 rings (SSSR count). The maximum absolute atomic E-state index is 12.2. The Morgan fingerprint density at radius 2 is 1.60 bits per heavy atom. The zero-order valence-corrected chi connectivity index (χ0v) is 14.8. The number of nitrogens with one attached hydrogen (secondary N) is 2. The first-order valence-electron chi connectivity index (χ1n) is 7.43. The first kappa shape index (κ1) is 17.2. The number of carbonyl (C=O) groups is 1. The Hall–Kier alpha value is -2.63. The summed E-state index contributed by atoms with van der Waals surface area (Å²) in [5.41, 5.74) is 2.72. The van der Waals surface area contributed by atoms with Gasteiger partial charge in [0.2, 0.25) is 0 Å². The molecule has 3 aromatic rings. The molecule has 0 saturated carbocycles. The lowest BCUT2D eigenvalue weighted by atomic mass is 10.2. The van der Waals surface area contributed by atoms with E-state index in [4.69, 9.17) is 23.2 Å². The number of halogens is 2. The Morgan fingerprint density at radius 1 is 0.920 bits per heavy atom. The molecule has 0 aliphatic heterocycles. The van der Waals surface area contributed by atoms with Crippen molar-refractivity contribution in [1.29, 1.82) is 0 Å². The Morgan fingerprint density at radius 3 is 2.20 bits per heavy atom. The van der Waals surface area contributed by atoms with Crippen LogP contribution in [0.25, 0.3) is 0 Å². The largest absolute Gasteiger partial charge is 0.339 e. The molecule has 0 aliphatic carbocycles. The smallest absolute Gasteiger partial charge is 0.275 e. The summed E-state index contributed by atoms with van der Waals surface area (Å²) < 4.78 is 0. The van der Waals surface area contributed by atoms with Crippen molar-refractivity contribution in [3.63, 3.8) is 0 Å². The lowest BCUT2D eigenvalue weighted by molar-refractivity contribution is 0.102. The van der Waals surface area contributed by atoms with Gasteiger partial charge in [0, 0.05) is 21.4 Å². The van der Waals surface area contributed by atoms with Gasteiger partial charge in [0.15, 0.2) is 0 Å². The van der Waals surface area contributed by atoms with E-state index in [0.29, 0.717) is 27.2 Å². The quantitative estimate of drug-likeness (QED) is 0.669. The summed E-state index contributed by atoms with van der Waals surface area (Å²) in [6.07, 6.45) is 2.87. The average Bonchev–Trinajstić information content (AvgIpc) is 2.56. The third kappa shape index (κ3) is 4.68. The van der Waals surface area contributed by atoms with Gasteiger partial charge in [-0.15, -0.1) is 0 Å². The SMILES string of the molecule is Cc1ccc(NC(=O)c2cnc(Nc3cc(Cl)cc(Cl)c3)cn2)cc1.